The SMILES string of the molecule is c1ccc(C[C@H](C2=NCCNN2)c2ccccc2)cc1. The van der Waals surface area contributed by atoms with Crippen molar-refractivity contribution in [3.05, 3.63) is 71.8 Å². The molecule has 0 fully saturated rings. The van der Waals surface area contributed by atoms with Crippen molar-refractivity contribution in [1.82, 2.24) is 10.9 Å². The molecule has 2 N–H and O–H groups in total. The summed E-state index contributed by atoms with van der Waals surface area (Å²) in [5.74, 6) is 1.30. The molecule has 1 atom stereocenters. The van der Waals surface area contributed by atoms with Gasteiger partial charge < -0.3 is 5.43 Å². The molecule has 0 amide bonds. The van der Waals surface area contributed by atoms with E-state index in [0.29, 0.717) is 0 Å². The Balaban J connectivity index is 1.89. The van der Waals surface area contributed by atoms with Gasteiger partial charge in [-0.1, -0.05) is 60.7 Å². The van der Waals surface area contributed by atoms with Crippen LogP contribution in [0.5, 0.6) is 0 Å². The highest BCUT2D eigenvalue weighted by Crippen LogP contribution is 2.22. The van der Waals surface area contributed by atoms with Crippen molar-refractivity contribution in [2.75, 3.05) is 13.1 Å². The molecule has 0 bridgehead atoms. The topological polar surface area (TPSA) is 36.4 Å². The Morgan fingerprint density at radius 3 is 2.30 bits per heavy atom. The van der Waals surface area contributed by atoms with Gasteiger partial charge in [-0.05, 0) is 17.5 Å². The predicted octanol–water partition coefficient (Wildman–Crippen LogP) is 2.52. The number of nitrogens with one attached hydrogen (secondary N) is 2. The third-order valence-electron chi connectivity index (χ3n) is 3.55. The van der Waals surface area contributed by atoms with Crippen LogP contribution in [0.15, 0.2) is 65.7 Å². The zero-order chi connectivity index (χ0) is 13.6. The summed E-state index contributed by atoms with van der Waals surface area (Å²) in [4.78, 5) is 4.65. The van der Waals surface area contributed by atoms with E-state index in [0.717, 1.165) is 25.3 Å². The zero-order valence-corrected chi connectivity index (χ0v) is 11.4. The van der Waals surface area contributed by atoms with Crippen LogP contribution in [0.25, 0.3) is 0 Å². The summed E-state index contributed by atoms with van der Waals surface area (Å²) in [5.41, 5.74) is 9.06. The van der Waals surface area contributed by atoms with Gasteiger partial charge >= 0.3 is 0 Å². The molecular formula is C17H19N3. The maximum absolute atomic E-state index is 4.65. The van der Waals surface area contributed by atoms with Crippen LogP contribution >= 0.6 is 0 Å². The number of hydrogen-bond donors (Lipinski definition) is 2. The molecule has 3 nitrogen and oxygen atoms in total. The van der Waals surface area contributed by atoms with Crippen LogP contribution in [0.3, 0.4) is 0 Å². The third kappa shape index (κ3) is 3.06. The monoisotopic (exact) mass is 265 g/mol. The molecule has 102 valence electrons. The van der Waals surface area contributed by atoms with Crippen LogP contribution in [0.2, 0.25) is 0 Å². The van der Waals surface area contributed by atoms with E-state index in [9.17, 15) is 0 Å². The number of hydrazine groups is 1. The molecule has 1 aliphatic rings. The van der Waals surface area contributed by atoms with Crippen molar-refractivity contribution in [2.45, 2.75) is 12.3 Å². The maximum Gasteiger partial charge on any atom is 0.118 e. The van der Waals surface area contributed by atoms with Crippen molar-refractivity contribution in [3.8, 4) is 0 Å². The number of rotatable bonds is 4. The molecular weight excluding hydrogens is 246 g/mol. The molecule has 0 spiro atoms. The molecule has 20 heavy (non-hydrogen) atoms. The van der Waals surface area contributed by atoms with Gasteiger partial charge in [0, 0.05) is 12.5 Å². The first-order valence-electron chi connectivity index (χ1n) is 7.05. The lowest BCUT2D eigenvalue weighted by Crippen LogP contribution is -2.46. The minimum Gasteiger partial charge on any atom is -0.309 e. The van der Waals surface area contributed by atoms with Gasteiger partial charge in [0.1, 0.15) is 5.84 Å². The number of amidine groups is 1. The minimum atomic E-state index is 0.270. The third-order valence-corrected chi connectivity index (χ3v) is 3.55. The second-order valence-electron chi connectivity index (χ2n) is 4.97. The highest BCUT2D eigenvalue weighted by molar-refractivity contribution is 5.89. The highest BCUT2D eigenvalue weighted by Gasteiger charge is 2.20. The molecule has 3 rings (SSSR count). The highest BCUT2D eigenvalue weighted by atomic mass is 15.4. The maximum atomic E-state index is 4.65. The molecule has 3 heteroatoms. The fourth-order valence-corrected chi connectivity index (χ4v) is 2.53. The van der Waals surface area contributed by atoms with Crippen molar-refractivity contribution < 1.29 is 0 Å². The van der Waals surface area contributed by atoms with Gasteiger partial charge in [-0.25, -0.2) is 5.43 Å². The Labute approximate surface area is 119 Å². The first-order valence-corrected chi connectivity index (χ1v) is 7.05. The molecule has 1 aliphatic heterocycles. The first-order chi connectivity index (χ1) is 9.93. The number of aliphatic imine (C=N–C) groups is 1. The van der Waals surface area contributed by atoms with E-state index < -0.39 is 0 Å². The van der Waals surface area contributed by atoms with E-state index in [1.165, 1.54) is 11.1 Å². The van der Waals surface area contributed by atoms with Crippen molar-refractivity contribution in [1.29, 1.82) is 0 Å². The van der Waals surface area contributed by atoms with Crippen LogP contribution < -0.4 is 10.9 Å². The Bertz CT molecular complexity index is 563. The Morgan fingerprint density at radius 2 is 1.65 bits per heavy atom. The van der Waals surface area contributed by atoms with Crippen LogP contribution in [-0.4, -0.2) is 18.9 Å². The fourth-order valence-electron chi connectivity index (χ4n) is 2.53. The van der Waals surface area contributed by atoms with Crippen LogP contribution in [0, 0.1) is 0 Å². The molecule has 2 aromatic rings. The zero-order valence-electron chi connectivity index (χ0n) is 11.4. The van der Waals surface area contributed by atoms with E-state index in [1.807, 2.05) is 0 Å². The standard InChI is InChI=1S/C17H19N3/c1-3-7-14(8-4-1)13-16(15-9-5-2-6-10-15)17-18-11-12-19-20-17/h1-10,16,19H,11-13H2,(H,18,20)/t16-/m0/s1. The average Bonchev–Trinajstić information content (AvgIpc) is 2.55. The van der Waals surface area contributed by atoms with Gasteiger partial charge in [0.25, 0.3) is 0 Å². The number of hydrogen-bond acceptors (Lipinski definition) is 3. The van der Waals surface area contributed by atoms with Gasteiger partial charge in [-0.2, -0.15) is 0 Å². The lowest BCUT2D eigenvalue weighted by atomic mass is 9.91. The van der Waals surface area contributed by atoms with Crippen LogP contribution in [-0.2, 0) is 6.42 Å². The van der Waals surface area contributed by atoms with Gasteiger partial charge in [0.2, 0.25) is 0 Å². The average molecular weight is 265 g/mol. The largest absolute Gasteiger partial charge is 0.309 e. The van der Waals surface area contributed by atoms with Gasteiger partial charge in [-0.15, -0.1) is 0 Å². The van der Waals surface area contributed by atoms with Crippen molar-refractivity contribution in [2.24, 2.45) is 4.99 Å². The number of benzene rings is 2. The summed E-state index contributed by atoms with van der Waals surface area (Å²) in [6.45, 7) is 1.72. The quantitative estimate of drug-likeness (QED) is 0.891. The summed E-state index contributed by atoms with van der Waals surface area (Å²) in [6, 6.07) is 21.2. The molecule has 1 heterocycles. The molecule has 0 unspecified atom stereocenters. The van der Waals surface area contributed by atoms with Crippen LogP contribution in [0.1, 0.15) is 17.0 Å². The first kappa shape index (κ1) is 12.9. The van der Waals surface area contributed by atoms with E-state index >= 15 is 0 Å². The van der Waals surface area contributed by atoms with Gasteiger partial charge in [0.05, 0.1) is 6.54 Å². The van der Waals surface area contributed by atoms with Crippen LogP contribution in [0.4, 0.5) is 0 Å². The van der Waals surface area contributed by atoms with E-state index in [4.69, 9.17) is 0 Å². The molecule has 0 aliphatic carbocycles. The molecule has 2 aromatic carbocycles. The van der Waals surface area contributed by atoms with Gasteiger partial charge in [-0.3, -0.25) is 4.99 Å². The Kier molecular flexibility index (Phi) is 4.09. The lowest BCUT2D eigenvalue weighted by Gasteiger charge is -2.24. The normalized spacial score (nSPS) is 16.1. The predicted molar refractivity (Wildman–Crippen MR) is 82.8 cm³/mol. The van der Waals surface area contributed by atoms with E-state index in [1.54, 1.807) is 0 Å². The van der Waals surface area contributed by atoms with Crippen molar-refractivity contribution >= 4 is 5.84 Å². The summed E-state index contributed by atoms with van der Waals surface area (Å²) >= 11 is 0. The lowest BCUT2D eigenvalue weighted by molar-refractivity contribution is 0.601. The molecule has 0 radical (unpaired) electrons. The fraction of sp³-hybridized carbons (Fsp3) is 0.235. The van der Waals surface area contributed by atoms with E-state index in [2.05, 4.69) is 76.5 Å². The Morgan fingerprint density at radius 1 is 0.950 bits per heavy atom. The summed E-state index contributed by atoms with van der Waals surface area (Å²) < 4.78 is 0. The Hall–Kier alpha value is -2.13. The minimum absolute atomic E-state index is 0.270. The van der Waals surface area contributed by atoms with E-state index in [-0.39, 0.29) is 5.92 Å². The number of nitrogens with zero attached hydrogens (tertiary/aromatic N) is 1. The second-order valence-corrected chi connectivity index (χ2v) is 4.97. The smallest absolute Gasteiger partial charge is 0.118 e. The summed E-state index contributed by atoms with van der Waals surface area (Å²) in [6.07, 6.45) is 0.957. The van der Waals surface area contributed by atoms with Crippen molar-refractivity contribution in [3.63, 3.8) is 0 Å². The molecule has 0 saturated carbocycles. The van der Waals surface area contributed by atoms with Gasteiger partial charge in [0.15, 0.2) is 0 Å². The molecule has 0 saturated heterocycles. The second kappa shape index (κ2) is 6.35. The molecule has 0 aromatic heterocycles. The summed E-state index contributed by atoms with van der Waals surface area (Å²) in [7, 11) is 0. The summed E-state index contributed by atoms with van der Waals surface area (Å²) in [5, 5.41) is 0.